The first-order valence-corrected chi connectivity index (χ1v) is 9.74. The van der Waals surface area contributed by atoms with Crippen molar-refractivity contribution in [3.05, 3.63) is 29.8 Å². The molecule has 0 saturated carbocycles. The highest BCUT2D eigenvalue weighted by Crippen LogP contribution is 2.19. The third-order valence-electron chi connectivity index (χ3n) is 5.02. The summed E-state index contributed by atoms with van der Waals surface area (Å²) in [5.41, 5.74) is 0.804. The fourth-order valence-electron chi connectivity index (χ4n) is 3.38. The monoisotopic (exact) mass is 397 g/mol. The lowest BCUT2D eigenvalue weighted by Gasteiger charge is -2.33. The second kappa shape index (κ2) is 10.9. The van der Waals surface area contributed by atoms with Gasteiger partial charge in [0.1, 0.15) is 5.75 Å². The van der Waals surface area contributed by atoms with Gasteiger partial charge >= 0.3 is 6.61 Å². The van der Waals surface area contributed by atoms with E-state index in [0.717, 1.165) is 44.6 Å². The highest BCUT2D eigenvalue weighted by Gasteiger charge is 2.28. The number of ether oxygens (including phenoxy) is 1. The van der Waals surface area contributed by atoms with Crippen LogP contribution >= 0.6 is 0 Å². The smallest absolute Gasteiger partial charge is 0.387 e. The van der Waals surface area contributed by atoms with Gasteiger partial charge in [-0.25, -0.2) is 0 Å². The fourth-order valence-corrected chi connectivity index (χ4v) is 3.38. The lowest BCUT2D eigenvalue weighted by Crippen LogP contribution is -2.45. The molecule has 0 aromatic heterocycles. The summed E-state index contributed by atoms with van der Waals surface area (Å²) in [6, 6.07) is 6.18. The largest absolute Gasteiger partial charge is 0.435 e. The molecule has 8 heteroatoms. The van der Waals surface area contributed by atoms with Crippen LogP contribution in [0.15, 0.2) is 24.3 Å². The van der Waals surface area contributed by atoms with Crippen molar-refractivity contribution < 1.29 is 23.1 Å². The van der Waals surface area contributed by atoms with Crippen LogP contribution in [0.1, 0.15) is 32.3 Å². The molecule has 1 aliphatic heterocycles. The molecule has 0 aliphatic carbocycles. The van der Waals surface area contributed by atoms with E-state index >= 15 is 0 Å². The van der Waals surface area contributed by atoms with Crippen molar-refractivity contribution in [2.45, 2.75) is 39.8 Å². The van der Waals surface area contributed by atoms with Crippen LogP contribution in [0.25, 0.3) is 0 Å². The average Bonchev–Trinajstić information content (AvgIpc) is 2.68. The van der Waals surface area contributed by atoms with Crippen LogP contribution in [-0.2, 0) is 16.1 Å². The lowest BCUT2D eigenvalue weighted by molar-refractivity contribution is -0.136. The Bertz CT molecular complexity index is 628. The standard InChI is InChI=1S/C20H29F2N3O3/c1-3-25(4-2)19(27)16-9-11-24(12-10-16)14-18(26)23-13-15-5-7-17(8-6-15)28-20(21)22/h5-8,16,20H,3-4,9-14H2,1-2H3,(H,23,26). The number of carbonyl (C=O) groups is 2. The number of amides is 2. The Hall–Kier alpha value is -2.22. The minimum atomic E-state index is -2.85. The van der Waals surface area contributed by atoms with E-state index in [1.807, 2.05) is 18.7 Å². The molecule has 1 aromatic rings. The van der Waals surface area contributed by atoms with Gasteiger partial charge in [0.15, 0.2) is 0 Å². The van der Waals surface area contributed by atoms with Gasteiger partial charge in [-0.1, -0.05) is 12.1 Å². The number of carbonyl (C=O) groups excluding carboxylic acids is 2. The lowest BCUT2D eigenvalue weighted by atomic mass is 9.95. The minimum absolute atomic E-state index is 0.0492. The molecule has 1 aromatic carbocycles. The molecule has 156 valence electrons. The van der Waals surface area contributed by atoms with Gasteiger partial charge < -0.3 is 15.0 Å². The van der Waals surface area contributed by atoms with E-state index in [1.165, 1.54) is 12.1 Å². The topological polar surface area (TPSA) is 61.9 Å². The second-order valence-electron chi connectivity index (χ2n) is 6.86. The van der Waals surface area contributed by atoms with Gasteiger partial charge in [0.05, 0.1) is 6.54 Å². The number of nitrogens with zero attached hydrogens (tertiary/aromatic N) is 2. The van der Waals surface area contributed by atoms with Crippen molar-refractivity contribution in [3.63, 3.8) is 0 Å². The fraction of sp³-hybridized carbons (Fsp3) is 0.600. The maximum absolute atomic E-state index is 12.4. The Morgan fingerprint density at radius 3 is 2.32 bits per heavy atom. The first kappa shape index (κ1) is 22.1. The zero-order chi connectivity index (χ0) is 20.5. The molecule has 2 amide bonds. The normalized spacial score (nSPS) is 15.5. The number of halogens is 2. The summed E-state index contributed by atoms with van der Waals surface area (Å²) in [5.74, 6) is 0.259. The van der Waals surface area contributed by atoms with Gasteiger partial charge in [0.2, 0.25) is 11.8 Å². The van der Waals surface area contributed by atoms with E-state index in [0.29, 0.717) is 13.1 Å². The van der Waals surface area contributed by atoms with Crippen molar-refractivity contribution >= 4 is 11.8 Å². The summed E-state index contributed by atoms with van der Waals surface area (Å²) in [4.78, 5) is 28.5. The summed E-state index contributed by atoms with van der Waals surface area (Å²) in [6.07, 6.45) is 1.54. The SMILES string of the molecule is CCN(CC)C(=O)C1CCN(CC(=O)NCc2ccc(OC(F)F)cc2)CC1. The Morgan fingerprint density at radius 2 is 1.79 bits per heavy atom. The maximum atomic E-state index is 12.4. The zero-order valence-electron chi connectivity index (χ0n) is 16.5. The quantitative estimate of drug-likeness (QED) is 0.696. The van der Waals surface area contributed by atoms with Crippen molar-refractivity contribution in [1.82, 2.24) is 15.1 Å². The molecule has 0 radical (unpaired) electrons. The number of nitrogens with one attached hydrogen (secondary N) is 1. The van der Waals surface area contributed by atoms with Gasteiger partial charge in [-0.05, 0) is 57.5 Å². The Kier molecular flexibility index (Phi) is 8.63. The summed E-state index contributed by atoms with van der Waals surface area (Å²) in [6.45, 7) is 4.65. The van der Waals surface area contributed by atoms with E-state index < -0.39 is 6.61 Å². The van der Waals surface area contributed by atoms with Gasteiger partial charge in [-0.2, -0.15) is 8.78 Å². The summed E-state index contributed by atoms with van der Waals surface area (Å²) >= 11 is 0. The highest BCUT2D eigenvalue weighted by molar-refractivity contribution is 5.79. The molecule has 1 N–H and O–H groups in total. The Balaban J connectivity index is 1.70. The highest BCUT2D eigenvalue weighted by atomic mass is 19.3. The van der Waals surface area contributed by atoms with Gasteiger partial charge in [0, 0.05) is 25.6 Å². The summed E-state index contributed by atoms with van der Waals surface area (Å²) < 4.78 is 28.6. The van der Waals surface area contributed by atoms with Crippen LogP contribution in [0, 0.1) is 5.92 Å². The molecular weight excluding hydrogens is 368 g/mol. The average molecular weight is 397 g/mol. The maximum Gasteiger partial charge on any atom is 0.387 e. The Labute approximate surface area is 164 Å². The number of benzene rings is 1. The number of rotatable bonds is 9. The molecule has 1 aliphatic rings. The molecule has 0 atom stereocenters. The zero-order valence-corrected chi connectivity index (χ0v) is 16.5. The molecule has 0 bridgehead atoms. The molecule has 1 heterocycles. The number of hydrogen-bond acceptors (Lipinski definition) is 4. The van der Waals surface area contributed by atoms with E-state index in [-0.39, 0.29) is 23.5 Å². The number of hydrogen-bond donors (Lipinski definition) is 1. The first-order valence-electron chi connectivity index (χ1n) is 9.74. The van der Waals surface area contributed by atoms with Crippen LogP contribution in [0.2, 0.25) is 0 Å². The Morgan fingerprint density at radius 1 is 1.18 bits per heavy atom. The van der Waals surface area contributed by atoms with Gasteiger partial charge in [0.25, 0.3) is 0 Å². The minimum Gasteiger partial charge on any atom is -0.435 e. The van der Waals surface area contributed by atoms with Crippen LogP contribution in [0.5, 0.6) is 5.75 Å². The molecule has 0 spiro atoms. The van der Waals surface area contributed by atoms with Gasteiger partial charge in [-0.15, -0.1) is 0 Å². The van der Waals surface area contributed by atoms with Crippen LogP contribution in [-0.4, -0.2) is 60.9 Å². The molecule has 0 unspecified atom stereocenters. The van der Waals surface area contributed by atoms with Crippen molar-refractivity contribution in [2.75, 3.05) is 32.7 Å². The number of alkyl halides is 2. The van der Waals surface area contributed by atoms with E-state index in [4.69, 9.17) is 0 Å². The predicted octanol–water partition coefficient (Wildman–Crippen LogP) is 2.48. The molecular formula is C20H29F2N3O3. The van der Waals surface area contributed by atoms with E-state index in [2.05, 4.69) is 15.0 Å². The van der Waals surface area contributed by atoms with Crippen LogP contribution in [0.3, 0.4) is 0 Å². The van der Waals surface area contributed by atoms with Gasteiger partial charge in [-0.3, -0.25) is 14.5 Å². The third-order valence-corrected chi connectivity index (χ3v) is 5.02. The summed E-state index contributed by atoms with van der Waals surface area (Å²) in [5, 5.41) is 2.83. The molecule has 1 saturated heterocycles. The van der Waals surface area contributed by atoms with Crippen LogP contribution < -0.4 is 10.1 Å². The predicted molar refractivity (Wildman–Crippen MR) is 102 cm³/mol. The molecule has 6 nitrogen and oxygen atoms in total. The van der Waals surface area contributed by atoms with Crippen LogP contribution in [0.4, 0.5) is 8.78 Å². The van der Waals surface area contributed by atoms with Crippen molar-refractivity contribution in [2.24, 2.45) is 5.92 Å². The molecule has 28 heavy (non-hydrogen) atoms. The second-order valence-corrected chi connectivity index (χ2v) is 6.86. The molecule has 1 fully saturated rings. The van der Waals surface area contributed by atoms with Crippen molar-refractivity contribution in [3.8, 4) is 5.75 Å². The van der Waals surface area contributed by atoms with E-state index in [9.17, 15) is 18.4 Å². The summed E-state index contributed by atoms with van der Waals surface area (Å²) in [7, 11) is 0. The number of piperidine rings is 1. The molecule has 2 rings (SSSR count). The number of likely N-dealkylation sites (tertiary alicyclic amines) is 1. The van der Waals surface area contributed by atoms with E-state index in [1.54, 1.807) is 12.1 Å². The first-order chi connectivity index (χ1) is 13.4. The third kappa shape index (κ3) is 6.74. The van der Waals surface area contributed by atoms with Crippen molar-refractivity contribution in [1.29, 1.82) is 0 Å².